The van der Waals surface area contributed by atoms with Gasteiger partial charge < -0.3 is 10.1 Å². The fourth-order valence-corrected chi connectivity index (χ4v) is 7.40. The van der Waals surface area contributed by atoms with Gasteiger partial charge in [-0.2, -0.15) is 0 Å². The Bertz CT molecular complexity index is 676. The minimum Gasteiger partial charge on any atom is -0.456 e. The van der Waals surface area contributed by atoms with Gasteiger partial charge in [0.2, 0.25) is 0 Å². The molecular weight excluding hydrogens is 394 g/mol. The molecule has 1 amide bonds. The van der Waals surface area contributed by atoms with E-state index in [1.807, 2.05) is 30.3 Å². The van der Waals surface area contributed by atoms with Crippen LogP contribution < -0.4 is 5.32 Å². The summed E-state index contributed by atoms with van der Waals surface area (Å²) in [5, 5.41) is 2.80. The highest BCUT2D eigenvalue weighted by Gasteiger charge is 2.57. The summed E-state index contributed by atoms with van der Waals surface area (Å²) >= 11 is 3.97. The van der Waals surface area contributed by atoms with Gasteiger partial charge in [0.05, 0.1) is 6.42 Å². The van der Waals surface area contributed by atoms with Crippen LogP contribution in [0.3, 0.4) is 0 Å². The van der Waals surface area contributed by atoms with Crippen molar-refractivity contribution in [1.82, 2.24) is 5.32 Å². The molecule has 4 atom stereocenters. The zero-order valence-electron chi connectivity index (χ0n) is 15.0. The van der Waals surface area contributed by atoms with Crippen LogP contribution in [-0.4, -0.2) is 22.8 Å². The van der Waals surface area contributed by atoms with Crippen LogP contribution in [0.4, 0.5) is 0 Å². The molecule has 0 spiro atoms. The number of carbonyl (C=O) groups excluding carboxylic acids is 2. The van der Waals surface area contributed by atoms with Crippen molar-refractivity contribution in [3.63, 3.8) is 0 Å². The van der Waals surface area contributed by atoms with E-state index in [4.69, 9.17) is 4.74 Å². The predicted molar refractivity (Wildman–Crippen MR) is 103 cm³/mol. The lowest BCUT2D eigenvalue weighted by atomic mass is 9.49. The van der Waals surface area contributed by atoms with Crippen molar-refractivity contribution in [2.24, 2.45) is 17.3 Å². The van der Waals surface area contributed by atoms with Crippen molar-refractivity contribution in [3.05, 3.63) is 35.9 Å². The number of esters is 1. The second-order valence-electron chi connectivity index (χ2n) is 8.71. The van der Waals surface area contributed by atoms with Gasteiger partial charge in [0, 0.05) is 10.9 Å². The maximum Gasteiger partial charge on any atom is 0.306 e. The van der Waals surface area contributed by atoms with Gasteiger partial charge in [0.15, 0.2) is 6.61 Å². The van der Waals surface area contributed by atoms with E-state index in [9.17, 15) is 9.59 Å². The molecule has 0 saturated heterocycles. The molecule has 0 heterocycles. The van der Waals surface area contributed by atoms with Gasteiger partial charge in [0.25, 0.3) is 5.91 Å². The number of benzene rings is 1. The molecule has 4 nitrogen and oxygen atoms in total. The minimum absolute atomic E-state index is 0.0885. The van der Waals surface area contributed by atoms with Crippen LogP contribution in [0.25, 0.3) is 0 Å². The van der Waals surface area contributed by atoms with Crippen molar-refractivity contribution in [2.75, 3.05) is 6.61 Å². The summed E-state index contributed by atoms with van der Waals surface area (Å²) in [7, 11) is 0. The fraction of sp³-hybridized carbons (Fsp3) is 0.619. The van der Waals surface area contributed by atoms with E-state index < -0.39 is 0 Å². The van der Waals surface area contributed by atoms with E-state index in [2.05, 4.69) is 21.2 Å². The number of halogens is 1. The number of hydrogen-bond donors (Lipinski definition) is 1. The Hall–Kier alpha value is -1.36. The second kappa shape index (κ2) is 6.99. The quantitative estimate of drug-likeness (QED) is 0.560. The molecule has 4 fully saturated rings. The average molecular weight is 420 g/mol. The predicted octanol–water partition coefficient (Wildman–Crippen LogP) is 3.97. The number of alkyl halides is 1. The average Bonchev–Trinajstić information content (AvgIpc) is 2.56. The van der Waals surface area contributed by atoms with Gasteiger partial charge in [-0.25, -0.2) is 0 Å². The largest absolute Gasteiger partial charge is 0.456 e. The lowest BCUT2D eigenvalue weighted by Gasteiger charge is -2.60. The smallest absolute Gasteiger partial charge is 0.306 e. The Kier molecular flexibility index (Phi) is 4.84. The molecular formula is C21H26BrNO3. The van der Waals surface area contributed by atoms with Crippen molar-refractivity contribution >= 4 is 27.8 Å². The molecule has 4 aliphatic rings. The molecule has 140 valence electrons. The molecule has 5 heteroatoms. The Balaban J connectivity index is 1.25. The maximum absolute atomic E-state index is 12.4. The van der Waals surface area contributed by atoms with Crippen molar-refractivity contribution in [1.29, 1.82) is 0 Å². The van der Waals surface area contributed by atoms with Gasteiger partial charge >= 0.3 is 5.97 Å². The first kappa shape index (κ1) is 18.0. The van der Waals surface area contributed by atoms with Crippen LogP contribution in [0.15, 0.2) is 30.3 Å². The Morgan fingerprint density at radius 2 is 1.81 bits per heavy atom. The van der Waals surface area contributed by atoms with Gasteiger partial charge in [-0.05, 0) is 61.3 Å². The number of carbonyl (C=O) groups is 2. The number of nitrogens with one attached hydrogen (secondary N) is 1. The van der Waals surface area contributed by atoms with Crippen molar-refractivity contribution in [2.45, 2.75) is 55.8 Å². The maximum atomic E-state index is 12.4. The molecule has 1 aromatic rings. The van der Waals surface area contributed by atoms with E-state index in [-0.39, 0.29) is 28.2 Å². The lowest BCUT2D eigenvalue weighted by molar-refractivity contribution is -0.154. The van der Waals surface area contributed by atoms with E-state index in [1.165, 1.54) is 19.3 Å². The summed E-state index contributed by atoms with van der Waals surface area (Å²) in [4.78, 5) is 24.3. The third-order valence-electron chi connectivity index (χ3n) is 6.33. The molecule has 1 aromatic carbocycles. The first-order valence-electron chi connectivity index (χ1n) is 9.59. The first-order chi connectivity index (χ1) is 12.4. The number of rotatable bonds is 6. The third kappa shape index (κ3) is 3.98. The highest BCUT2D eigenvalue weighted by Crippen LogP contribution is 2.65. The van der Waals surface area contributed by atoms with Gasteiger partial charge in [-0.3, -0.25) is 9.59 Å². The molecule has 5 rings (SSSR count). The fourth-order valence-electron chi connectivity index (χ4n) is 5.89. The zero-order valence-corrected chi connectivity index (χ0v) is 16.6. The topological polar surface area (TPSA) is 55.4 Å². The highest BCUT2D eigenvalue weighted by molar-refractivity contribution is 9.10. The first-order valence-corrected chi connectivity index (χ1v) is 10.4. The minimum atomic E-state index is -0.246. The molecule has 4 aliphatic carbocycles. The van der Waals surface area contributed by atoms with E-state index in [1.54, 1.807) is 0 Å². The molecule has 0 radical (unpaired) electrons. The lowest BCUT2D eigenvalue weighted by Crippen LogP contribution is -2.53. The standard InChI is InChI=1S/C21H26BrNO3/c22-21-9-16-6-17(10-21)8-20(7-16,14-21)11-19(25)26-13-18(24)23-12-15-4-2-1-3-5-15/h1-5,16-17H,6-14H2,(H,23,24)/t16-,17+,20?,21?. The zero-order chi connectivity index (χ0) is 18.2. The molecule has 2 unspecified atom stereocenters. The van der Waals surface area contributed by atoms with Crippen LogP contribution in [0.5, 0.6) is 0 Å². The summed E-state index contributed by atoms with van der Waals surface area (Å²) in [6.45, 7) is 0.269. The number of amides is 1. The second-order valence-corrected chi connectivity index (χ2v) is 10.4. The highest BCUT2D eigenvalue weighted by atomic mass is 79.9. The summed E-state index contributed by atoms with van der Waals surface area (Å²) in [5.74, 6) is 1.03. The van der Waals surface area contributed by atoms with Crippen molar-refractivity contribution in [3.8, 4) is 0 Å². The Morgan fingerprint density at radius 1 is 1.12 bits per heavy atom. The van der Waals surface area contributed by atoms with Crippen molar-refractivity contribution < 1.29 is 14.3 Å². The Labute approximate surface area is 163 Å². The Morgan fingerprint density at radius 3 is 2.46 bits per heavy atom. The summed E-state index contributed by atoms with van der Waals surface area (Å²) in [6, 6.07) is 9.72. The third-order valence-corrected chi connectivity index (χ3v) is 7.25. The normalized spacial score (nSPS) is 34.5. The van der Waals surface area contributed by atoms with Crippen LogP contribution >= 0.6 is 15.9 Å². The van der Waals surface area contributed by atoms with Crippen LogP contribution in [0.1, 0.15) is 50.5 Å². The molecule has 26 heavy (non-hydrogen) atoms. The molecule has 0 aliphatic heterocycles. The molecule has 4 bridgehead atoms. The van der Waals surface area contributed by atoms with Gasteiger partial charge in [-0.1, -0.05) is 46.3 Å². The number of ether oxygens (including phenoxy) is 1. The SMILES string of the molecule is O=C(COC(=O)CC12C[C@@H]3C[C@@H](CC(Br)(C3)C1)C2)NCc1ccccc1. The molecule has 0 aromatic heterocycles. The van der Waals surface area contributed by atoms with Crippen LogP contribution in [-0.2, 0) is 20.9 Å². The van der Waals surface area contributed by atoms with E-state index in [0.29, 0.717) is 13.0 Å². The van der Waals surface area contributed by atoms with Crippen LogP contribution in [0.2, 0.25) is 0 Å². The summed E-state index contributed by atoms with van der Waals surface area (Å²) < 4.78 is 5.54. The monoisotopic (exact) mass is 419 g/mol. The summed E-state index contributed by atoms with van der Waals surface area (Å²) in [6.07, 6.45) is 7.65. The number of hydrogen-bond acceptors (Lipinski definition) is 3. The van der Waals surface area contributed by atoms with Crippen LogP contribution in [0, 0.1) is 17.3 Å². The summed E-state index contributed by atoms with van der Waals surface area (Å²) in [5.41, 5.74) is 1.12. The van der Waals surface area contributed by atoms with Gasteiger partial charge in [-0.15, -0.1) is 0 Å². The van der Waals surface area contributed by atoms with E-state index >= 15 is 0 Å². The molecule has 4 saturated carbocycles. The molecule has 1 N–H and O–H groups in total. The van der Waals surface area contributed by atoms with E-state index in [0.717, 1.165) is 36.7 Å². The van der Waals surface area contributed by atoms with Gasteiger partial charge in [0.1, 0.15) is 0 Å².